The molecule has 272 valence electrons. The number of esters is 1. The molecule has 1 N–H and O–H groups in total. The molecule has 48 heavy (non-hydrogen) atoms. The lowest BCUT2D eigenvalue weighted by atomic mass is 10.1. The monoisotopic (exact) mass is 675 g/mol. The van der Waals surface area contributed by atoms with Gasteiger partial charge in [-0.2, -0.15) is 0 Å². The SMILES string of the molecule is CCCCCCCCCCCCO[C@@H]1[C@H]2OC(C)(C)O[C@H]2O[C@@H]1COCCCN1CCN(C(=O)Nc2ccc(CC(=O)OC)cc2)CC1. The van der Waals surface area contributed by atoms with E-state index in [-0.39, 0.29) is 36.7 Å². The molecule has 1 aromatic carbocycles. The van der Waals surface area contributed by atoms with Gasteiger partial charge < -0.3 is 38.6 Å². The Morgan fingerprint density at radius 2 is 1.54 bits per heavy atom. The topological polar surface area (TPSA) is 108 Å². The molecule has 3 heterocycles. The first-order valence-electron chi connectivity index (χ1n) is 18.4. The number of carbonyl (C=O) groups is 2. The van der Waals surface area contributed by atoms with Crippen LogP contribution in [-0.2, 0) is 39.6 Å². The lowest BCUT2D eigenvalue weighted by Gasteiger charge is -2.34. The van der Waals surface area contributed by atoms with E-state index in [0.717, 1.165) is 38.0 Å². The molecule has 1 aromatic rings. The molecule has 4 rings (SSSR count). The number of piperazine rings is 1. The van der Waals surface area contributed by atoms with Gasteiger partial charge in [0.25, 0.3) is 0 Å². The van der Waals surface area contributed by atoms with Crippen LogP contribution in [0.3, 0.4) is 0 Å². The summed E-state index contributed by atoms with van der Waals surface area (Å²) < 4.78 is 35.5. The van der Waals surface area contributed by atoms with Crippen LogP contribution in [0.15, 0.2) is 24.3 Å². The van der Waals surface area contributed by atoms with Crippen LogP contribution in [0.2, 0.25) is 0 Å². The highest BCUT2D eigenvalue weighted by Gasteiger charge is 2.55. The number of anilines is 1. The summed E-state index contributed by atoms with van der Waals surface area (Å²) in [5, 5.41) is 2.96. The zero-order valence-corrected chi connectivity index (χ0v) is 29.9. The van der Waals surface area contributed by atoms with Crippen LogP contribution in [0.5, 0.6) is 0 Å². The highest BCUT2D eigenvalue weighted by atomic mass is 16.8. The van der Waals surface area contributed by atoms with Gasteiger partial charge in [0.05, 0.1) is 20.1 Å². The van der Waals surface area contributed by atoms with Crippen molar-refractivity contribution in [1.29, 1.82) is 0 Å². The number of hydrogen-bond donors (Lipinski definition) is 1. The largest absolute Gasteiger partial charge is 0.469 e. The molecular weight excluding hydrogens is 614 g/mol. The van der Waals surface area contributed by atoms with Crippen molar-refractivity contribution in [1.82, 2.24) is 9.80 Å². The quantitative estimate of drug-likeness (QED) is 0.121. The summed E-state index contributed by atoms with van der Waals surface area (Å²) in [4.78, 5) is 28.4. The number of nitrogens with zero attached hydrogens (tertiary/aromatic N) is 2. The highest BCUT2D eigenvalue weighted by Crippen LogP contribution is 2.39. The van der Waals surface area contributed by atoms with Gasteiger partial charge in [-0.3, -0.25) is 9.69 Å². The molecule has 0 bridgehead atoms. The van der Waals surface area contributed by atoms with Crippen LogP contribution in [0.4, 0.5) is 10.5 Å². The molecule has 0 saturated carbocycles. The number of nitrogens with one attached hydrogen (secondary N) is 1. The first-order valence-corrected chi connectivity index (χ1v) is 18.4. The lowest BCUT2D eigenvalue weighted by molar-refractivity contribution is -0.223. The summed E-state index contributed by atoms with van der Waals surface area (Å²) in [6, 6.07) is 7.16. The minimum Gasteiger partial charge on any atom is -0.469 e. The van der Waals surface area contributed by atoms with Crippen molar-refractivity contribution in [3.63, 3.8) is 0 Å². The molecule has 3 aliphatic rings. The normalized spacial score (nSPS) is 23.7. The maximum atomic E-state index is 12.8. The summed E-state index contributed by atoms with van der Waals surface area (Å²) in [7, 11) is 1.37. The molecular formula is C37H61N3O8. The average Bonchev–Trinajstić information content (AvgIpc) is 3.55. The van der Waals surface area contributed by atoms with E-state index in [1.807, 2.05) is 43.0 Å². The molecule has 0 radical (unpaired) electrons. The first kappa shape index (κ1) is 38.5. The lowest BCUT2D eigenvalue weighted by Crippen LogP contribution is -2.50. The number of benzene rings is 1. The van der Waals surface area contributed by atoms with Crippen molar-refractivity contribution in [2.24, 2.45) is 0 Å². The fourth-order valence-corrected chi connectivity index (χ4v) is 6.60. The maximum Gasteiger partial charge on any atom is 0.321 e. The molecule has 0 aromatic heterocycles. The molecule has 0 aliphatic carbocycles. The Morgan fingerprint density at radius 3 is 2.21 bits per heavy atom. The Labute approximate surface area is 288 Å². The number of unbranched alkanes of at least 4 members (excludes halogenated alkanes) is 9. The van der Waals surface area contributed by atoms with E-state index in [4.69, 9.17) is 28.4 Å². The van der Waals surface area contributed by atoms with Crippen LogP contribution in [0, 0.1) is 0 Å². The first-order chi connectivity index (χ1) is 23.3. The van der Waals surface area contributed by atoms with E-state index >= 15 is 0 Å². The maximum absolute atomic E-state index is 12.8. The smallest absolute Gasteiger partial charge is 0.321 e. The average molecular weight is 676 g/mol. The fourth-order valence-electron chi connectivity index (χ4n) is 6.60. The second-order valence-electron chi connectivity index (χ2n) is 13.8. The van der Waals surface area contributed by atoms with Gasteiger partial charge in [0.1, 0.15) is 18.3 Å². The van der Waals surface area contributed by atoms with Crippen molar-refractivity contribution in [3.8, 4) is 0 Å². The van der Waals surface area contributed by atoms with E-state index < -0.39 is 12.1 Å². The molecule has 11 nitrogen and oxygen atoms in total. The van der Waals surface area contributed by atoms with E-state index in [1.54, 1.807) is 0 Å². The van der Waals surface area contributed by atoms with Crippen LogP contribution >= 0.6 is 0 Å². The third-order valence-electron chi connectivity index (χ3n) is 9.38. The van der Waals surface area contributed by atoms with Gasteiger partial charge in [0.2, 0.25) is 0 Å². The van der Waals surface area contributed by atoms with Crippen LogP contribution in [0.1, 0.15) is 97.0 Å². The summed E-state index contributed by atoms with van der Waals surface area (Å²) in [5.74, 6) is -0.966. The molecule has 11 heteroatoms. The van der Waals surface area contributed by atoms with Gasteiger partial charge in [0, 0.05) is 51.6 Å². The van der Waals surface area contributed by atoms with E-state index in [0.29, 0.717) is 38.6 Å². The predicted octanol–water partition coefficient (Wildman–Crippen LogP) is 6.14. The number of ether oxygens (including phenoxy) is 6. The minimum atomic E-state index is -0.678. The van der Waals surface area contributed by atoms with Crippen LogP contribution in [-0.4, -0.2) is 112 Å². The van der Waals surface area contributed by atoms with Gasteiger partial charge >= 0.3 is 12.0 Å². The number of hydrogen-bond acceptors (Lipinski definition) is 9. The van der Waals surface area contributed by atoms with Crippen LogP contribution in [0.25, 0.3) is 0 Å². The van der Waals surface area contributed by atoms with Gasteiger partial charge in [-0.15, -0.1) is 0 Å². The van der Waals surface area contributed by atoms with Crippen LogP contribution < -0.4 is 5.32 Å². The van der Waals surface area contributed by atoms with Crippen molar-refractivity contribution in [2.75, 3.05) is 65.0 Å². The van der Waals surface area contributed by atoms with Gasteiger partial charge in [0.15, 0.2) is 12.1 Å². The van der Waals surface area contributed by atoms with Gasteiger partial charge in [-0.05, 0) is 44.4 Å². The Morgan fingerprint density at radius 1 is 0.875 bits per heavy atom. The highest BCUT2D eigenvalue weighted by molar-refractivity contribution is 5.89. The van der Waals surface area contributed by atoms with E-state index in [2.05, 4.69) is 17.1 Å². The van der Waals surface area contributed by atoms with Crippen molar-refractivity contribution < 1.29 is 38.0 Å². The van der Waals surface area contributed by atoms with Crippen molar-refractivity contribution in [3.05, 3.63) is 29.8 Å². The Hall–Kier alpha value is -2.28. The predicted molar refractivity (Wildman–Crippen MR) is 185 cm³/mol. The molecule has 4 atom stereocenters. The molecule has 3 saturated heterocycles. The zero-order chi connectivity index (χ0) is 34.2. The summed E-state index contributed by atoms with van der Waals surface area (Å²) in [6.45, 7) is 11.7. The number of fused-ring (bicyclic) bond motifs is 1. The standard InChI is InChI=1S/C37H61N3O8/c1-5-6-7-8-9-10-11-12-13-14-26-45-33-31(46-35-34(33)47-37(2,3)48-35)28-44-25-15-20-39-21-23-40(24-22-39)36(42)38-30-18-16-29(17-19-30)27-32(41)43-4/h16-19,31,33-35H,5-15,20-28H2,1-4H3,(H,38,42)/t31-,33+,34-,35-/m1/s1. The van der Waals surface area contributed by atoms with Crippen molar-refractivity contribution >= 4 is 17.7 Å². The summed E-state index contributed by atoms with van der Waals surface area (Å²) in [6.07, 6.45) is 13.0. The number of amides is 2. The van der Waals surface area contributed by atoms with Gasteiger partial charge in [-0.1, -0.05) is 76.8 Å². The van der Waals surface area contributed by atoms with Gasteiger partial charge in [-0.25, -0.2) is 4.79 Å². The van der Waals surface area contributed by atoms with Crippen molar-refractivity contribution in [2.45, 2.75) is 128 Å². The van der Waals surface area contributed by atoms with E-state index in [9.17, 15) is 9.59 Å². The Kier molecular flexibility index (Phi) is 16.4. The zero-order valence-electron chi connectivity index (χ0n) is 29.9. The molecule has 3 aliphatic heterocycles. The Balaban J connectivity index is 1.07. The minimum absolute atomic E-state index is 0.110. The summed E-state index contributed by atoms with van der Waals surface area (Å²) in [5.41, 5.74) is 1.55. The van der Waals surface area contributed by atoms with E-state index in [1.165, 1.54) is 64.9 Å². The number of urea groups is 1. The molecule has 0 spiro atoms. The number of carbonyl (C=O) groups excluding carboxylic acids is 2. The third kappa shape index (κ3) is 12.9. The third-order valence-corrected chi connectivity index (χ3v) is 9.38. The molecule has 2 amide bonds. The number of rotatable bonds is 21. The summed E-state index contributed by atoms with van der Waals surface area (Å²) >= 11 is 0. The Bertz CT molecular complexity index is 1080. The second-order valence-corrected chi connectivity index (χ2v) is 13.8. The second kappa shape index (κ2) is 20.4. The molecule has 0 unspecified atom stereocenters. The molecule has 3 fully saturated rings. The number of methoxy groups -OCH3 is 1. The fraction of sp³-hybridized carbons (Fsp3) is 0.784.